The van der Waals surface area contributed by atoms with E-state index in [1.165, 1.54) is 4.57 Å². The molecule has 1 N–H and O–H groups in total. The summed E-state index contributed by atoms with van der Waals surface area (Å²) in [7, 11) is 4.66. The molecule has 0 bridgehead atoms. The fourth-order valence-corrected chi connectivity index (χ4v) is 3.38. The zero-order valence-electron chi connectivity index (χ0n) is 18.4. The number of aryl methyl sites for hydroxylation is 1. The molecule has 0 radical (unpaired) electrons. The molecule has 2 aromatic carbocycles. The molecule has 0 aliphatic heterocycles. The molecule has 0 spiro atoms. The highest BCUT2D eigenvalue weighted by atomic mass is 16.5. The van der Waals surface area contributed by atoms with Crippen LogP contribution in [0.1, 0.15) is 12.2 Å². The van der Waals surface area contributed by atoms with Gasteiger partial charge in [0.1, 0.15) is 23.1 Å². The Hall–Kier alpha value is -4.34. The highest BCUT2D eigenvalue weighted by Crippen LogP contribution is 2.26. The summed E-state index contributed by atoms with van der Waals surface area (Å²) in [6, 6.07) is 12.2. The lowest BCUT2D eigenvalue weighted by Gasteiger charge is -2.10. The first-order valence-corrected chi connectivity index (χ1v) is 10.1. The van der Waals surface area contributed by atoms with Crippen molar-refractivity contribution in [1.29, 1.82) is 0 Å². The van der Waals surface area contributed by atoms with Crippen LogP contribution in [0.15, 0.2) is 59.7 Å². The SMILES string of the molecule is COc1ccc(-n2ccn3c(CCC(=O)Nc4cc(OC)cc(OC)c4)nnc3c2=O)cc1. The standard InChI is InChI=1S/C23H23N5O5/c1-31-17-6-4-16(5-7-17)27-10-11-28-20(25-26-22(28)23(27)30)8-9-21(29)24-15-12-18(32-2)14-19(13-15)33-3/h4-7,10-14H,8-9H2,1-3H3,(H,24,29). The predicted molar refractivity (Wildman–Crippen MR) is 122 cm³/mol. The molecule has 4 aromatic rings. The van der Waals surface area contributed by atoms with E-state index in [0.29, 0.717) is 40.9 Å². The van der Waals surface area contributed by atoms with Crippen LogP contribution in [0.4, 0.5) is 5.69 Å². The Balaban J connectivity index is 1.49. The molecule has 10 heteroatoms. The Bertz CT molecular complexity index is 1320. The van der Waals surface area contributed by atoms with Crippen LogP contribution in [0.3, 0.4) is 0 Å². The zero-order valence-corrected chi connectivity index (χ0v) is 18.4. The van der Waals surface area contributed by atoms with E-state index in [-0.39, 0.29) is 23.5 Å². The van der Waals surface area contributed by atoms with Gasteiger partial charge in [-0.3, -0.25) is 18.6 Å². The minimum Gasteiger partial charge on any atom is -0.497 e. The summed E-state index contributed by atoms with van der Waals surface area (Å²) in [6.07, 6.45) is 3.82. The average Bonchev–Trinajstić information content (AvgIpc) is 3.26. The van der Waals surface area contributed by atoms with Gasteiger partial charge >= 0.3 is 5.56 Å². The molecule has 170 valence electrons. The molecular weight excluding hydrogens is 426 g/mol. The third-order valence-electron chi connectivity index (χ3n) is 5.10. The second-order valence-electron chi connectivity index (χ2n) is 7.13. The maximum absolute atomic E-state index is 12.9. The molecule has 0 aliphatic rings. The van der Waals surface area contributed by atoms with Crippen molar-refractivity contribution >= 4 is 17.2 Å². The van der Waals surface area contributed by atoms with E-state index in [1.54, 1.807) is 80.6 Å². The molecular formula is C23H23N5O5. The molecule has 2 heterocycles. The summed E-state index contributed by atoms with van der Waals surface area (Å²) in [6.45, 7) is 0. The van der Waals surface area contributed by atoms with Crippen LogP contribution in [0.5, 0.6) is 17.2 Å². The van der Waals surface area contributed by atoms with Crippen molar-refractivity contribution in [2.45, 2.75) is 12.8 Å². The number of nitrogens with one attached hydrogen (secondary N) is 1. The van der Waals surface area contributed by atoms with Gasteiger partial charge in [0.2, 0.25) is 11.6 Å². The van der Waals surface area contributed by atoms with E-state index in [4.69, 9.17) is 14.2 Å². The first-order valence-electron chi connectivity index (χ1n) is 10.1. The van der Waals surface area contributed by atoms with E-state index in [1.807, 2.05) is 0 Å². The lowest BCUT2D eigenvalue weighted by Crippen LogP contribution is -2.20. The summed E-state index contributed by atoms with van der Waals surface area (Å²) in [5.74, 6) is 2.14. The molecule has 0 saturated carbocycles. The number of hydrogen-bond donors (Lipinski definition) is 1. The predicted octanol–water partition coefficient (Wildman–Crippen LogP) is 2.48. The van der Waals surface area contributed by atoms with Crippen LogP contribution in [0.25, 0.3) is 11.3 Å². The Morgan fingerprint density at radius 1 is 0.909 bits per heavy atom. The van der Waals surface area contributed by atoms with Gasteiger partial charge in [-0.15, -0.1) is 10.2 Å². The molecule has 2 aromatic heterocycles. The Labute approximate surface area is 189 Å². The Kier molecular flexibility index (Phi) is 6.25. The monoisotopic (exact) mass is 449 g/mol. The van der Waals surface area contributed by atoms with Crippen molar-refractivity contribution in [3.05, 3.63) is 71.0 Å². The highest BCUT2D eigenvalue weighted by molar-refractivity contribution is 5.91. The molecule has 4 rings (SSSR count). The maximum atomic E-state index is 12.9. The Morgan fingerprint density at radius 2 is 1.58 bits per heavy atom. The number of anilines is 1. The van der Waals surface area contributed by atoms with Crippen LogP contribution in [-0.4, -0.2) is 46.4 Å². The number of aromatic nitrogens is 4. The van der Waals surface area contributed by atoms with Gasteiger partial charge in [-0.1, -0.05) is 0 Å². The maximum Gasteiger partial charge on any atom is 0.300 e. The van der Waals surface area contributed by atoms with E-state index in [0.717, 1.165) is 0 Å². The van der Waals surface area contributed by atoms with Crippen molar-refractivity contribution in [1.82, 2.24) is 19.2 Å². The molecule has 10 nitrogen and oxygen atoms in total. The van der Waals surface area contributed by atoms with Gasteiger partial charge < -0.3 is 19.5 Å². The van der Waals surface area contributed by atoms with Gasteiger partial charge in [0.05, 0.1) is 21.3 Å². The van der Waals surface area contributed by atoms with Gasteiger partial charge in [0.25, 0.3) is 0 Å². The third kappa shape index (κ3) is 4.64. The second kappa shape index (κ2) is 9.43. The number of hydrogen-bond acceptors (Lipinski definition) is 7. The Morgan fingerprint density at radius 3 is 2.21 bits per heavy atom. The number of carbonyl (C=O) groups excluding carboxylic acids is 1. The van der Waals surface area contributed by atoms with Gasteiger partial charge in [-0.2, -0.15) is 0 Å². The van der Waals surface area contributed by atoms with Crippen LogP contribution in [-0.2, 0) is 11.2 Å². The fraction of sp³-hybridized carbons (Fsp3) is 0.217. The molecule has 1 amide bonds. The van der Waals surface area contributed by atoms with E-state index < -0.39 is 0 Å². The van der Waals surface area contributed by atoms with Gasteiger partial charge in [0.15, 0.2) is 0 Å². The first-order chi connectivity index (χ1) is 16.0. The quantitative estimate of drug-likeness (QED) is 0.440. The number of methoxy groups -OCH3 is 3. The lowest BCUT2D eigenvalue weighted by molar-refractivity contribution is -0.116. The molecule has 0 aliphatic carbocycles. The molecule has 0 atom stereocenters. The number of amides is 1. The number of benzene rings is 2. The summed E-state index contributed by atoms with van der Waals surface area (Å²) in [4.78, 5) is 25.4. The van der Waals surface area contributed by atoms with Crippen molar-refractivity contribution < 1.29 is 19.0 Å². The largest absolute Gasteiger partial charge is 0.497 e. The zero-order chi connectivity index (χ0) is 23.4. The summed E-state index contributed by atoms with van der Waals surface area (Å²) in [5, 5.41) is 11.0. The number of carbonyl (C=O) groups is 1. The molecule has 0 unspecified atom stereocenters. The topological polar surface area (TPSA) is 109 Å². The van der Waals surface area contributed by atoms with Gasteiger partial charge in [-0.25, -0.2) is 0 Å². The van der Waals surface area contributed by atoms with Crippen LogP contribution in [0.2, 0.25) is 0 Å². The number of fused-ring (bicyclic) bond motifs is 1. The third-order valence-corrected chi connectivity index (χ3v) is 5.10. The summed E-state index contributed by atoms with van der Waals surface area (Å²) < 4.78 is 18.7. The van der Waals surface area contributed by atoms with Crippen molar-refractivity contribution in [3.8, 4) is 22.9 Å². The molecule has 0 saturated heterocycles. The number of rotatable bonds is 8. The number of ether oxygens (including phenoxy) is 3. The number of nitrogens with zero attached hydrogens (tertiary/aromatic N) is 4. The minimum absolute atomic E-state index is 0.155. The minimum atomic E-state index is -0.311. The average molecular weight is 449 g/mol. The van der Waals surface area contributed by atoms with E-state index in [2.05, 4.69) is 15.5 Å². The fourth-order valence-electron chi connectivity index (χ4n) is 3.38. The van der Waals surface area contributed by atoms with Crippen molar-refractivity contribution in [2.75, 3.05) is 26.6 Å². The molecule has 0 fully saturated rings. The lowest BCUT2D eigenvalue weighted by atomic mass is 10.2. The first kappa shape index (κ1) is 21.9. The van der Waals surface area contributed by atoms with Gasteiger partial charge in [-0.05, 0) is 24.3 Å². The van der Waals surface area contributed by atoms with Crippen LogP contribution >= 0.6 is 0 Å². The highest BCUT2D eigenvalue weighted by Gasteiger charge is 2.14. The van der Waals surface area contributed by atoms with Crippen molar-refractivity contribution in [2.24, 2.45) is 0 Å². The van der Waals surface area contributed by atoms with Crippen molar-refractivity contribution in [3.63, 3.8) is 0 Å². The van der Waals surface area contributed by atoms with E-state index in [9.17, 15) is 9.59 Å². The smallest absolute Gasteiger partial charge is 0.300 e. The van der Waals surface area contributed by atoms with Crippen LogP contribution < -0.4 is 25.1 Å². The van der Waals surface area contributed by atoms with Gasteiger partial charge in [0, 0.05) is 54.8 Å². The summed E-state index contributed by atoms with van der Waals surface area (Å²) >= 11 is 0. The summed E-state index contributed by atoms with van der Waals surface area (Å²) in [5.41, 5.74) is 1.11. The van der Waals surface area contributed by atoms with E-state index >= 15 is 0 Å². The molecule has 33 heavy (non-hydrogen) atoms. The second-order valence-corrected chi connectivity index (χ2v) is 7.13. The van der Waals surface area contributed by atoms with Crippen LogP contribution in [0, 0.1) is 0 Å². The normalized spacial score (nSPS) is 10.8.